The first-order valence-corrected chi connectivity index (χ1v) is 7.43. The molecule has 0 radical (unpaired) electrons. The van der Waals surface area contributed by atoms with Gasteiger partial charge < -0.3 is 5.11 Å². The molecule has 4 aromatic rings. The zero-order valence-electron chi connectivity index (χ0n) is 12.3. The Morgan fingerprint density at radius 1 is 0.522 bits per heavy atom. The van der Waals surface area contributed by atoms with E-state index in [-0.39, 0.29) is 5.75 Å². The van der Waals surface area contributed by atoms with Gasteiger partial charge in [-0.25, -0.2) is 0 Å². The van der Waals surface area contributed by atoms with Crippen molar-refractivity contribution in [1.82, 2.24) is 0 Å². The molecule has 0 heterocycles. The van der Waals surface area contributed by atoms with E-state index < -0.39 is 0 Å². The molecule has 3 nitrogen and oxygen atoms in total. The summed E-state index contributed by atoms with van der Waals surface area (Å²) in [7, 11) is 0. The average Bonchev–Trinajstić information content (AvgIpc) is 2.61. The Balaban J connectivity index is 1.80. The quantitative estimate of drug-likeness (QED) is 0.445. The average molecular weight is 298 g/mol. The summed E-state index contributed by atoms with van der Waals surface area (Å²) in [4.78, 5) is 0. The molecule has 0 bridgehead atoms. The second-order valence-corrected chi connectivity index (χ2v) is 5.35. The Hall–Kier alpha value is -3.20. The molecule has 4 aromatic carbocycles. The summed E-state index contributed by atoms with van der Waals surface area (Å²) in [6, 6.07) is 25.4. The highest BCUT2D eigenvalue weighted by molar-refractivity contribution is 5.93. The summed E-state index contributed by atoms with van der Waals surface area (Å²) < 4.78 is 0. The lowest BCUT2D eigenvalue weighted by atomic mass is 10.1. The third-order valence-corrected chi connectivity index (χ3v) is 3.91. The van der Waals surface area contributed by atoms with E-state index in [0.29, 0.717) is 5.69 Å². The number of azo groups is 1. The molecule has 0 aliphatic heterocycles. The van der Waals surface area contributed by atoms with Crippen LogP contribution >= 0.6 is 0 Å². The van der Waals surface area contributed by atoms with E-state index in [1.54, 1.807) is 6.07 Å². The van der Waals surface area contributed by atoms with Crippen molar-refractivity contribution >= 4 is 32.9 Å². The van der Waals surface area contributed by atoms with Crippen LogP contribution in [0.3, 0.4) is 0 Å². The molecule has 0 aliphatic rings. The molecule has 0 aromatic heterocycles. The van der Waals surface area contributed by atoms with Gasteiger partial charge in [-0.1, -0.05) is 66.7 Å². The number of hydrogen-bond donors (Lipinski definition) is 1. The van der Waals surface area contributed by atoms with Gasteiger partial charge in [-0.15, -0.1) is 10.2 Å². The fraction of sp³-hybridized carbons (Fsp3) is 0. The van der Waals surface area contributed by atoms with Gasteiger partial charge in [-0.05, 0) is 22.9 Å². The lowest BCUT2D eigenvalue weighted by Crippen LogP contribution is -1.75. The van der Waals surface area contributed by atoms with Gasteiger partial charge in [0.05, 0.1) is 5.69 Å². The minimum absolute atomic E-state index is 0.159. The lowest BCUT2D eigenvalue weighted by Gasteiger charge is -2.04. The highest BCUT2D eigenvalue weighted by Crippen LogP contribution is 2.36. The maximum Gasteiger partial charge on any atom is 0.150 e. The summed E-state index contributed by atoms with van der Waals surface area (Å²) >= 11 is 0. The van der Waals surface area contributed by atoms with Crippen LogP contribution in [0.1, 0.15) is 0 Å². The van der Waals surface area contributed by atoms with Gasteiger partial charge in [0.15, 0.2) is 5.75 Å². The fourth-order valence-corrected chi connectivity index (χ4v) is 2.73. The molecule has 0 aliphatic carbocycles. The van der Waals surface area contributed by atoms with Crippen LogP contribution in [0.5, 0.6) is 5.75 Å². The Bertz CT molecular complexity index is 1030. The molecule has 0 fully saturated rings. The number of phenolic OH excluding ortho intramolecular Hbond substituents is 1. The molecule has 0 spiro atoms. The van der Waals surface area contributed by atoms with Crippen LogP contribution in [-0.4, -0.2) is 5.11 Å². The molecule has 0 saturated heterocycles. The molecule has 0 amide bonds. The summed E-state index contributed by atoms with van der Waals surface area (Å²) in [6.45, 7) is 0. The van der Waals surface area contributed by atoms with E-state index in [2.05, 4.69) is 10.2 Å². The zero-order chi connectivity index (χ0) is 15.6. The molecular weight excluding hydrogens is 284 g/mol. The summed E-state index contributed by atoms with van der Waals surface area (Å²) in [5, 5.41) is 22.9. The van der Waals surface area contributed by atoms with Gasteiger partial charge in [0, 0.05) is 10.8 Å². The normalized spacial score (nSPS) is 11.5. The topological polar surface area (TPSA) is 45.0 Å². The summed E-state index contributed by atoms with van der Waals surface area (Å²) in [6.07, 6.45) is 0. The van der Waals surface area contributed by atoms with E-state index in [1.165, 1.54) is 0 Å². The van der Waals surface area contributed by atoms with Crippen molar-refractivity contribution in [3.8, 4) is 5.75 Å². The van der Waals surface area contributed by atoms with Gasteiger partial charge in [0.1, 0.15) is 5.69 Å². The lowest BCUT2D eigenvalue weighted by molar-refractivity contribution is 0.482. The monoisotopic (exact) mass is 298 g/mol. The third-order valence-electron chi connectivity index (χ3n) is 3.91. The van der Waals surface area contributed by atoms with Gasteiger partial charge in [-0.3, -0.25) is 0 Å². The zero-order valence-corrected chi connectivity index (χ0v) is 12.3. The molecule has 0 atom stereocenters. The van der Waals surface area contributed by atoms with E-state index in [1.807, 2.05) is 72.8 Å². The van der Waals surface area contributed by atoms with Crippen LogP contribution in [-0.2, 0) is 0 Å². The number of aromatic hydroxyl groups is 1. The summed E-state index contributed by atoms with van der Waals surface area (Å²) in [5.74, 6) is 0.159. The highest BCUT2D eigenvalue weighted by atomic mass is 16.3. The van der Waals surface area contributed by atoms with E-state index >= 15 is 0 Å². The number of rotatable bonds is 2. The Morgan fingerprint density at radius 2 is 1.13 bits per heavy atom. The molecule has 0 unspecified atom stereocenters. The van der Waals surface area contributed by atoms with Crippen molar-refractivity contribution in [2.45, 2.75) is 0 Å². The van der Waals surface area contributed by atoms with Crippen molar-refractivity contribution in [3.05, 3.63) is 78.9 Å². The maximum atomic E-state index is 10.4. The first-order valence-electron chi connectivity index (χ1n) is 7.43. The number of nitrogens with zero attached hydrogens (tertiary/aromatic N) is 2. The Morgan fingerprint density at radius 3 is 1.96 bits per heavy atom. The standard InChI is InChI=1S/C20H14N2O/c23-20-17-10-4-2-7-15(17)12-13-19(20)22-21-18-11-5-8-14-6-1-3-9-16(14)18/h1-13,23H/b22-21+. The SMILES string of the molecule is Oc1c(/N=N/c2cccc3ccccc23)ccc2ccccc12. The van der Waals surface area contributed by atoms with E-state index in [4.69, 9.17) is 0 Å². The molecule has 3 heteroatoms. The molecular formula is C20H14N2O. The van der Waals surface area contributed by atoms with Crippen molar-refractivity contribution in [1.29, 1.82) is 0 Å². The Labute approximate surface area is 133 Å². The fourth-order valence-electron chi connectivity index (χ4n) is 2.73. The molecule has 23 heavy (non-hydrogen) atoms. The number of hydrogen-bond acceptors (Lipinski definition) is 3. The van der Waals surface area contributed by atoms with Crippen LogP contribution < -0.4 is 0 Å². The second-order valence-electron chi connectivity index (χ2n) is 5.35. The summed E-state index contributed by atoms with van der Waals surface area (Å²) in [5.41, 5.74) is 1.26. The number of benzene rings is 4. The molecule has 4 rings (SSSR count). The number of fused-ring (bicyclic) bond motifs is 2. The first kappa shape index (κ1) is 13.5. The van der Waals surface area contributed by atoms with Crippen LogP contribution in [0.15, 0.2) is 89.1 Å². The minimum atomic E-state index is 0.159. The molecule has 1 N–H and O–H groups in total. The predicted octanol–water partition coefficient (Wildman–Crippen LogP) is 6.11. The smallest absolute Gasteiger partial charge is 0.150 e. The van der Waals surface area contributed by atoms with Gasteiger partial charge in [0.2, 0.25) is 0 Å². The van der Waals surface area contributed by atoms with Gasteiger partial charge in [-0.2, -0.15) is 0 Å². The van der Waals surface area contributed by atoms with Crippen LogP contribution in [0, 0.1) is 0 Å². The Kier molecular flexibility index (Phi) is 3.24. The second kappa shape index (κ2) is 5.54. The van der Waals surface area contributed by atoms with Crippen molar-refractivity contribution in [2.24, 2.45) is 10.2 Å². The highest BCUT2D eigenvalue weighted by Gasteiger charge is 2.05. The minimum Gasteiger partial charge on any atom is -0.505 e. The van der Waals surface area contributed by atoms with Gasteiger partial charge >= 0.3 is 0 Å². The number of phenols is 1. The van der Waals surface area contributed by atoms with E-state index in [0.717, 1.165) is 27.2 Å². The predicted molar refractivity (Wildman–Crippen MR) is 93.7 cm³/mol. The van der Waals surface area contributed by atoms with Crippen LogP contribution in [0.2, 0.25) is 0 Å². The first-order chi connectivity index (χ1) is 11.3. The third kappa shape index (κ3) is 2.42. The van der Waals surface area contributed by atoms with Crippen LogP contribution in [0.4, 0.5) is 11.4 Å². The van der Waals surface area contributed by atoms with E-state index in [9.17, 15) is 5.11 Å². The van der Waals surface area contributed by atoms with Crippen molar-refractivity contribution in [2.75, 3.05) is 0 Å². The molecule has 0 saturated carbocycles. The van der Waals surface area contributed by atoms with Crippen molar-refractivity contribution in [3.63, 3.8) is 0 Å². The molecule has 110 valence electrons. The van der Waals surface area contributed by atoms with Crippen LogP contribution in [0.25, 0.3) is 21.5 Å². The van der Waals surface area contributed by atoms with Crippen molar-refractivity contribution < 1.29 is 5.11 Å². The maximum absolute atomic E-state index is 10.4. The van der Waals surface area contributed by atoms with Gasteiger partial charge in [0.25, 0.3) is 0 Å². The largest absolute Gasteiger partial charge is 0.505 e.